The first-order valence-electron chi connectivity index (χ1n) is 6.56. The number of hydrogen-bond acceptors (Lipinski definition) is 2. The monoisotopic (exact) mass is 255 g/mol. The summed E-state index contributed by atoms with van der Waals surface area (Å²) in [5, 5.41) is 12.2. The van der Waals surface area contributed by atoms with E-state index in [2.05, 4.69) is 46.9 Å². The number of aliphatic hydroxyl groups is 1. The Morgan fingerprint density at radius 1 is 1.22 bits per heavy atom. The zero-order chi connectivity index (χ0) is 14.6. The molecule has 0 aliphatic rings. The molecule has 0 saturated heterocycles. The topological polar surface area (TPSA) is 49.3 Å². The Bertz CT molecular complexity index is 305. The number of carbonyl (C=O) groups excluding carboxylic acids is 1. The standard InChI is InChI=1S/C15H29NO2/c1-11(15(5,6)7)8-13(18)16-12(10-17)9-14(2,3)4/h8,12,17H,9-10H2,1-7H3,(H,16,18). The van der Waals surface area contributed by atoms with Crippen molar-refractivity contribution in [1.29, 1.82) is 0 Å². The van der Waals surface area contributed by atoms with Crippen LogP contribution in [0.25, 0.3) is 0 Å². The Balaban J connectivity index is 4.55. The molecule has 1 atom stereocenters. The average molecular weight is 255 g/mol. The summed E-state index contributed by atoms with van der Waals surface area (Å²) in [6.07, 6.45) is 2.39. The molecule has 0 aliphatic heterocycles. The van der Waals surface area contributed by atoms with Crippen molar-refractivity contribution in [3.8, 4) is 0 Å². The van der Waals surface area contributed by atoms with Gasteiger partial charge in [-0.25, -0.2) is 0 Å². The molecular weight excluding hydrogens is 226 g/mol. The molecule has 18 heavy (non-hydrogen) atoms. The van der Waals surface area contributed by atoms with Crippen molar-refractivity contribution >= 4 is 5.91 Å². The minimum atomic E-state index is -0.179. The van der Waals surface area contributed by atoms with E-state index in [1.54, 1.807) is 6.08 Å². The van der Waals surface area contributed by atoms with Crippen LogP contribution in [0.1, 0.15) is 54.9 Å². The molecule has 1 amide bonds. The van der Waals surface area contributed by atoms with Crippen LogP contribution < -0.4 is 5.32 Å². The Morgan fingerprint density at radius 3 is 2.06 bits per heavy atom. The smallest absolute Gasteiger partial charge is 0.244 e. The Hall–Kier alpha value is -0.830. The van der Waals surface area contributed by atoms with Crippen LogP contribution in [0.4, 0.5) is 0 Å². The van der Waals surface area contributed by atoms with Gasteiger partial charge in [-0.2, -0.15) is 0 Å². The lowest BCUT2D eigenvalue weighted by molar-refractivity contribution is -0.117. The number of aliphatic hydroxyl groups excluding tert-OH is 1. The summed E-state index contributed by atoms with van der Waals surface area (Å²) in [7, 11) is 0. The Morgan fingerprint density at radius 2 is 1.72 bits per heavy atom. The summed E-state index contributed by atoms with van der Waals surface area (Å²) in [5.41, 5.74) is 1.12. The highest BCUT2D eigenvalue weighted by Gasteiger charge is 2.20. The van der Waals surface area contributed by atoms with Gasteiger partial charge in [0.2, 0.25) is 5.91 Å². The number of rotatable bonds is 4. The average Bonchev–Trinajstić information content (AvgIpc) is 2.12. The second-order valence-electron chi connectivity index (χ2n) is 7.23. The normalized spacial score (nSPS) is 15.4. The van der Waals surface area contributed by atoms with E-state index in [0.717, 1.165) is 12.0 Å². The van der Waals surface area contributed by atoms with E-state index >= 15 is 0 Å². The Labute approximate surface area is 112 Å². The maximum absolute atomic E-state index is 11.9. The van der Waals surface area contributed by atoms with Crippen LogP contribution in [-0.2, 0) is 4.79 Å². The molecule has 2 N–H and O–H groups in total. The van der Waals surface area contributed by atoms with E-state index in [1.165, 1.54) is 0 Å². The third kappa shape index (κ3) is 7.49. The summed E-state index contributed by atoms with van der Waals surface area (Å²) in [5.74, 6) is -0.120. The Kier molecular flexibility index (Phi) is 6.08. The molecule has 0 heterocycles. The third-order valence-electron chi connectivity index (χ3n) is 2.96. The summed E-state index contributed by atoms with van der Waals surface area (Å²) in [6, 6.07) is -0.179. The van der Waals surface area contributed by atoms with Crippen molar-refractivity contribution < 1.29 is 9.90 Å². The van der Waals surface area contributed by atoms with Crippen LogP contribution in [0, 0.1) is 10.8 Å². The zero-order valence-electron chi connectivity index (χ0n) is 12.9. The van der Waals surface area contributed by atoms with Crippen molar-refractivity contribution in [2.75, 3.05) is 6.61 Å². The van der Waals surface area contributed by atoms with Gasteiger partial charge in [0.05, 0.1) is 12.6 Å². The summed E-state index contributed by atoms with van der Waals surface area (Å²) in [4.78, 5) is 11.9. The van der Waals surface area contributed by atoms with Crippen molar-refractivity contribution in [3.63, 3.8) is 0 Å². The van der Waals surface area contributed by atoms with Gasteiger partial charge in [0.25, 0.3) is 0 Å². The van der Waals surface area contributed by atoms with Crippen LogP contribution in [0.3, 0.4) is 0 Å². The molecule has 0 bridgehead atoms. The van der Waals surface area contributed by atoms with Gasteiger partial charge in [0, 0.05) is 6.08 Å². The fourth-order valence-electron chi connectivity index (χ4n) is 1.56. The van der Waals surface area contributed by atoms with Crippen molar-refractivity contribution in [1.82, 2.24) is 5.32 Å². The van der Waals surface area contributed by atoms with E-state index in [4.69, 9.17) is 0 Å². The second kappa shape index (κ2) is 6.37. The quantitative estimate of drug-likeness (QED) is 0.759. The van der Waals surface area contributed by atoms with Crippen LogP contribution in [0.5, 0.6) is 0 Å². The molecule has 0 aromatic carbocycles. The van der Waals surface area contributed by atoms with Crippen LogP contribution >= 0.6 is 0 Å². The molecule has 0 radical (unpaired) electrons. The number of allylic oxidation sites excluding steroid dienone is 1. The molecule has 3 heteroatoms. The zero-order valence-corrected chi connectivity index (χ0v) is 12.9. The molecule has 106 valence electrons. The van der Waals surface area contributed by atoms with Gasteiger partial charge in [-0.05, 0) is 24.2 Å². The summed E-state index contributed by atoms with van der Waals surface area (Å²) >= 11 is 0. The highest BCUT2D eigenvalue weighted by Crippen LogP contribution is 2.24. The van der Waals surface area contributed by atoms with Crippen LogP contribution in [0.2, 0.25) is 0 Å². The first-order chi connectivity index (χ1) is 7.95. The van der Waals surface area contributed by atoms with Gasteiger partial charge in [0.15, 0.2) is 0 Å². The van der Waals surface area contributed by atoms with E-state index in [0.29, 0.717) is 0 Å². The lowest BCUT2D eigenvalue weighted by Gasteiger charge is -2.25. The molecule has 0 fully saturated rings. The maximum atomic E-state index is 11.9. The fraction of sp³-hybridized carbons (Fsp3) is 0.800. The van der Waals surface area contributed by atoms with E-state index in [1.807, 2.05) is 6.92 Å². The first kappa shape index (κ1) is 17.2. The van der Waals surface area contributed by atoms with E-state index < -0.39 is 0 Å². The van der Waals surface area contributed by atoms with Crippen molar-refractivity contribution in [2.24, 2.45) is 10.8 Å². The number of nitrogens with one attached hydrogen (secondary N) is 1. The van der Waals surface area contributed by atoms with Gasteiger partial charge in [-0.1, -0.05) is 47.1 Å². The van der Waals surface area contributed by atoms with Crippen LogP contribution in [-0.4, -0.2) is 23.7 Å². The number of amides is 1. The van der Waals surface area contributed by atoms with Crippen molar-refractivity contribution in [2.45, 2.75) is 60.9 Å². The molecule has 0 aromatic heterocycles. The van der Waals surface area contributed by atoms with Gasteiger partial charge in [-0.3, -0.25) is 4.79 Å². The fourth-order valence-corrected chi connectivity index (χ4v) is 1.56. The molecular formula is C15H29NO2. The second-order valence-corrected chi connectivity index (χ2v) is 7.23. The molecule has 0 saturated carbocycles. The SMILES string of the molecule is CC(=CC(=O)NC(CO)CC(C)(C)C)C(C)(C)C. The lowest BCUT2D eigenvalue weighted by Crippen LogP contribution is -2.39. The third-order valence-corrected chi connectivity index (χ3v) is 2.96. The maximum Gasteiger partial charge on any atom is 0.244 e. The summed E-state index contributed by atoms with van der Waals surface area (Å²) in [6.45, 7) is 14.4. The first-order valence-corrected chi connectivity index (χ1v) is 6.56. The molecule has 0 rings (SSSR count). The predicted molar refractivity (Wildman–Crippen MR) is 76.3 cm³/mol. The highest BCUT2D eigenvalue weighted by atomic mass is 16.3. The highest BCUT2D eigenvalue weighted by molar-refractivity contribution is 5.88. The van der Waals surface area contributed by atoms with Gasteiger partial charge in [-0.15, -0.1) is 0 Å². The van der Waals surface area contributed by atoms with E-state index in [9.17, 15) is 9.90 Å². The molecule has 0 spiro atoms. The minimum absolute atomic E-state index is 0.00389. The minimum Gasteiger partial charge on any atom is -0.394 e. The molecule has 0 aromatic rings. The van der Waals surface area contributed by atoms with Crippen molar-refractivity contribution in [3.05, 3.63) is 11.6 Å². The molecule has 1 unspecified atom stereocenters. The van der Waals surface area contributed by atoms with Gasteiger partial charge in [0.1, 0.15) is 0 Å². The van der Waals surface area contributed by atoms with Gasteiger partial charge < -0.3 is 10.4 Å². The van der Waals surface area contributed by atoms with Crippen LogP contribution in [0.15, 0.2) is 11.6 Å². The predicted octanol–water partition coefficient (Wildman–Crippen LogP) is 2.89. The molecule has 0 aliphatic carbocycles. The van der Waals surface area contributed by atoms with Gasteiger partial charge >= 0.3 is 0 Å². The van der Waals surface area contributed by atoms with E-state index in [-0.39, 0.29) is 29.4 Å². The lowest BCUT2D eigenvalue weighted by atomic mass is 9.87. The number of hydrogen-bond donors (Lipinski definition) is 2. The summed E-state index contributed by atoms with van der Waals surface area (Å²) < 4.78 is 0. The number of carbonyl (C=O) groups is 1. The largest absolute Gasteiger partial charge is 0.394 e. The molecule has 3 nitrogen and oxygen atoms in total.